The summed E-state index contributed by atoms with van der Waals surface area (Å²) in [5.41, 5.74) is -0.827. The first-order valence-corrected chi connectivity index (χ1v) is 10.7. The summed E-state index contributed by atoms with van der Waals surface area (Å²) < 4.78 is 67.6. The van der Waals surface area contributed by atoms with Crippen molar-refractivity contribution in [3.8, 4) is 0 Å². The molecule has 1 amide bonds. The van der Waals surface area contributed by atoms with Gasteiger partial charge in [-0.2, -0.15) is 17.9 Å². The van der Waals surface area contributed by atoms with Gasteiger partial charge in [-0.15, -0.1) is 0 Å². The molecule has 0 aliphatic carbocycles. The van der Waals surface area contributed by atoms with Crippen molar-refractivity contribution in [2.75, 3.05) is 5.32 Å². The van der Waals surface area contributed by atoms with Crippen LogP contribution < -0.4 is 10.0 Å². The van der Waals surface area contributed by atoms with Crippen LogP contribution in [-0.4, -0.2) is 20.4 Å². The molecule has 0 aliphatic heterocycles. The first-order chi connectivity index (χ1) is 14.7. The average Bonchev–Trinajstić information content (AvgIpc) is 2.74. The smallest absolute Gasteiger partial charge is 0.324 e. The molecule has 3 rings (SSSR count). The molecule has 0 bridgehead atoms. The Morgan fingerprint density at radius 3 is 2.00 bits per heavy atom. The number of benzene rings is 3. The van der Waals surface area contributed by atoms with Crippen LogP contribution in [0.25, 0.3) is 0 Å². The van der Waals surface area contributed by atoms with Crippen molar-refractivity contribution in [2.45, 2.75) is 23.5 Å². The molecule has 9 heteroatoms. The summed E-state index contributed by atoms with van der Waals surface area (Å²) in [5.74, 6) is -0.903. The summed E-state index contributed by atoms with van der Waals surface area (Å²) >= 11 is 0. The Morgan fingerprint density at radius 2 is 1.39 bits per heavy atom. The zero-order valence-electron chi connectivity index (χ0n) is 16.1. The van der Waals surface area contributed by atoms with Gasteiger partial charge in [0, 0.05) is 0 Å². The van der Waals surface area contributed by atoms with Crippen molar-refractivity contribution in [1.29, 1.82) is 0 Å². The van der Waals surface area contributed by atoms with Gasteiger partial charge in [-0.1, -0.05) is 60.7 Å². The highest BCUT2D eigenvalue weighted by Gasteiger charge is 2.34. The molecule has 0 aromatic heterocycles. The maximum absolute atomic E-state index is 13.3. The summed E-state index contributed by atoms with van der Waals surface area (Å²) in [6.45, 7) is 0. The van der Waals surface area contributed by atoms with Crippen molar-refractivity contribution < 1.29 is 26.4 Å². The minimum absolute atomic E-state index is 0.0487. The van der Waals surface area contributed by atoms with Crippen molar-refractivity contribution in [1.82, 2.24) is 4.72 Å². The number of alkyl halides is 3. The van der Waals surface area contributed by atoms with Gasteiger partial charge in [0.1, 0.15) is 6.04 Å². The Morgan fingerprint density at radius 1 is 0.839 bits per heavy atom. The molecular weight excluding hydrogens is 429 g/mol. The quantitative estimate of drug-likeness (QED) is 0.568. The van der Waals surface area contributed by atoms with Crippen LogP contribution in [0, 0.1) is 0 Å². The van der Waals surface area contributed by atoms with Crippen LogP contribution in [0.15, 0.2) is 89.8 Å². The van der Waals surface area contributed by atoms with Crippen LogP contribution in [0.3, 0.4) is 0 Å². The maximum atomic E-state index is 13.3. The number of hydrogen-bond acceptors (Lipinski definition) is 3. The van der Waals surface area contributed by atoms with E-state index in [1.165, 1.54) is 36.4 Å². The fraction of sp³-hybridized carbons (Fsp3) is 0.136. The Balaban J connectivity index is 1.91. The van der Waals surface area contributed by atoms with E-state index in [0.29, 0.717) is 5.56 Å². The Labute approximate surface area is 178 Å². The van der Waals surface area contributed by atoms with Gasteiger partial charge in [-0.3, -0.25) is 4.79 Å². The molecule has 1 atom stereocenters. The number of rotatable bonds is 7. The predicted octanol–water partition coefficient (Wildman–Crippen LogP) is 4.23. The molecule has 0 spiro atoms. The molecule has 0 fully saturated rings. The highest BCUT2D eigenvalue weighted by atomic mass is 32.2. The molecule has 0 saturated carbocycles. The summed E-state index contributed by atoms with van der Waals surface area (Å²) in [4.78, 5) is 12.8. The van der Waals surface area contributed by atoms with E-state index in [1.807, 2.05) is 0 Å². The number of carbonyl (C=O) groups excluding carboxylic acids is 1. The normalized spacial score (nSPS) is 12.9. The van der Waals surface area contributed by atoms with E-state index in [9.17, 15) is 26.4 Å². The molecule has 0 unspecified atom stereocenters. The van der Waals surface area contributed by atoms with Crippen molar-refractivity contribution >= 4 is 21.6 Å². The standard InChI is InChI=1S/C22H19F3N2O3S/c23-22(24,25)18-13-7-8-14-19(18)26-21(28)20(15-16-9-3-1-4-10-16)27-31(29,30)17-11-5-2-6-12-17/h1-14,20,27H,15H2,(H,26,28)/t20-/m0/s1. The number of nitrogens with one attached hydrogen (secondary N) is 2. The largest absolute Gasteiger partial charge is 0.418 e. The van der Waals surface area contributed by atoms with Gasteiger partial charge in [0.15, 0.2) is 0 Å². The second-order valence-electron chi connectivity index (χ2n) is 6.71. The van der Waals surface area contributed by atoms with Gasteiger partial charge in [0.25, 0.3) is 0 Å². The molecular formula is C22H19F3N2O3S. The third-order valence-electron chi connectivity index (χ3n) is 4.44. The lowest BCUT2D eigenvalue weighted by atomic mass is 10.1. The highest BCUT2D eigenvalue weighted by molar-refractivity contribution is 7.89. The Hall–Kier alpha value is -3.17. The van der Waals surface area contributed by atoms with Gasteiger partial charge in [0.2, 0.25) is 15.9 Å². The van der Waals surface area contributed by atoms with E-state index in [0.717, 1.165) is 12.1 Å². The van der Waals surface area contributed by atoms with Crippen LogP contribution in [0.2, 0.25) is 0 Å². The molecule has 3 aromatic rings. The molecule has 162 valence electrons. The van der Waals surface area contributed by atoms with Gasteiger partial charge >= 0.3 is 6.18 Å². The second kappa shape index (κ2) is 9.32. The third-order valence-corrected chi connectivity index (χ3v) is 5.93. The number of amides is 1. The van der Waals surface area contributed by atoms with Crippen molar-refractivity contribution in [3.05, 3.63) is 96.1 Å². The van der Waals surface area contributed by atoms with E-state index in [4.69, 9.17) is 0 Å². The zero-order valence-corrected chi connectivity index (χ0v) is 17.0. The number of anilines is 1. The lowest BCUT2D eigenvalue weighted by Gasteiger charge is -2.20. The van der Waals surface area contributed by atoms with Crippen LogP contribution in [0.4, 0.5) is 18.9 Å². The van der Waals surface area contributed by atoms with Crippen LogP contribution in [0.1, 0.15) is 11.1 Å². The molecule has 31 heavy (non-hydrogen) atoms. The highest BCUT2D eigenvalue weighted by Crippen LogP contribution is 2.34. The monoisotopic (exact) mass is 448 g/mol. The predicted molar refractivity (Wildman–Crippen MR) is 111 cm³/mol. The minimum atomic E-state index is -4.68. The van der Waals surface area contributed by atoms with E-state index in [1.54, 1.807) is 36.4 Å². The lowest BCUT2D eigenvalue weighted by Crippen LogP contribution is -2.45. The van der Waals surface area contributed by atoms with Crippen molar-refractivity contribution in [2.24, 2.45) is 0 Å². The van der Waals surface area contributed by atoms with Gasteiger partial charge < -0.3 is 5.32 Å². The second-order valence-corrected chi connectivity index (χ2v) is 8.42. The zero-order chi connectivity index (χ0) is 22.5. The fourth-order valence-corrected chi connectivity index (χ4v) is 4.17. The molecule has 0 saturated heterocycles. The third kappa shape index (κ3) is 5.93. The molecule has 0 heterocycles. The van der Waals surface area contributed by atoms with Crippen molar-refractivity contribution in [3.63, 3.8) is 0 Å². The summed E-state index contributed by atoms with van der Waals surface area (Å²) in [5, 5.41) is 2.23. The Bertz CT molecular complexity index is 1140. The molecule has 0 aliphatic rings. The van der Waals surface area contributed by atoms with Gasteiger partial charge in [-0.25, -0.2) is 8.42 Å². The topological polar surface area (TPSA) is 75.3 Å². The fourth-order valence-electron chi connectivity index (χ4n) is 2.95. The SMILES string of the molecule is O=C(Nc1ccccc1C(F)(F)F)[C@H](Cc1ccccc1)NS(=O)(=O)c1ccccc1. The number of sulfonamides is 1. The number of halogens is 3. The number of carbonyl (C=O) groups is 1. The van der Waals surface area contributed by atoms with Crippen LogP contribution in [0.5, 0.6) is 0 Å². The molecule has 0 radical (unpaired) electrons. The van der Waals surface area contributed by atoms with Crippen LogP contribution >= 0.6 is 0 Å². The Kier molecular flexibility index (Phi) is 6.77. The van der Waals surface area contributed by atoms with E-state index >= 15 is 0 Å². The lowest BCUT2D eigenvalue weighted by molar-refractivity contribution is -0.137. The molecule has 5 nitrogen and oxygen atoms in total. The molecule has 2 N–H and O–H groups in total. The number of hydrogen-bond donors (Lipinski definition) is 2. The van der Waals surface area contributed by atoms with Gasteiger partial charge in [0.05, 0.1) is 16.1 Å². The maximum Gasteiger partial charge on any atom is 0.418 e. The van der Waals surface area contributed by atoms with E-state index in [2.05, 4.69) is 10.0 Å². The number of para-hydroxylation sites is 1. The first-order valence-electron chi connectivity index (χ1n) is 9.25. The van der Waals surface area contributed by atoms with E-state index < -0.39 is 39.4 Å². The molecule has 3 aromatic carbocycles. The summed E-state index contributed by atoms with van der Waals surface area (Å²) in [6, 6.07) is 19.2. The van der Waals surface area contributed by atoms with Crippen LogP contribution in [-0.2, 0) is 27.4 Å². The average molecular weight is 448 g/mol. The summed E-state index contributed by atoms with van der Waals surface area (Å²) in [7, 11) is -4.09. The van der Waals surface area contributed by atoms with Gasteiger partial charge in [-0.05, 0) is 36.2 Å². The minimum Gasteiger partial charge on any atom is -0.324 e. The first kappa shape index (κ1) is 22.5. The van der Waals surface area contributed by atoms with E-state index in [-0.39, 0.29) is 11.3 Å². The summed E-state index contributed by atoms with van der Waals surface area (Å²) in [6.07, 6.45) is -4.73.